The van der Waals surface area contributed by atoms with E-state index in [2.05, 4.69) is 30.6 Å². The van der Waals surface area contributed by atoms with Crippen molar-refractivity contribution in [3.63, 3.8) is 0 Å². The number of aromatic nitrogens is 6. The molecule has 2 aromatic heterocycles. The number of hydrogen-bond acceptors (Lipinski definition) is 8. The molecule has 6 rings (SSSR count). The minimum atomic E-state index is -4.59. The second kappa shape index (κ2) is 10.9. The summed E-state index contributed by atoms with van der Waals surface area (Å²) >= 11 is 0. The number of nitrogens with one attached hydrogen (secondary N) is 2. The SMILES string of the molecule is CN1C(=O)[C@H](NC(=O)c2n[nH]c(Cc3ccccc3)n2)COc2cc(CN3CCn4nc(C(F)(F)F)nc4C3)ccc21. The van der Waals surface area contributed by atoms with Gasteiger partial charge in [0.05, 0.1) is 18.8 Å². The van der Waals surface area contributed by atoms with Gasteiger partial charge in [0.1, 0.15) is 30.0 Å². The highest BCUT2D eigenvalue weighted by molar-refractivity contribution is 6.02. The molecule has 2 aromatic carbocycles. The summed E-state index contributed by atoms with van der Waals surface area (Å²) < 4.78 is 46.3. The number of anilines is 1. The quantitative estimate of drug-likeness (QED) is 0.354. The van der Waals surface area contributed by atoms with Crippen LogP contribution in [-0.4, -0.2) is 72.9 Å². The summed E-state index contributed by atoms with van der Waals surface area (Å²) in [7, 11) is 1.59. The van der Waals surface area contributed by atoms with Crippen LogP contribution in [0.5, 0.6) is 5.75 Å². The molecule has 1 atom stereocenters. The lowest BCUT2D eigenvalue weighted by Crippen LogP contribution is -2.49. The number of ether oxygens (including phenoxy) is 1. The molecule has 12 nitrogen and oxygen atoms in total. The van der Waals surface area contributed by atoms with Crippen molar-refractivity contribution >= 4 is 17.5 Å². The van der Waals surface area contributed by atoms with Gasteiger partial charge in [0.25, 0.3) is 17.6 Å². The van der Waals surface area contributed by atoms with Crippen molar-refractivity contribution in [3.8, 4) is 5.75 Å². The van der Waals surface area contributed by atoms with E-state index in [4.69, 9.17) is 4.74 Å². The van der Waals surface area contributed by atoms with Gasteiger partial charge in [-0.25, -0.2) is 14.6 Å². The number of benzene rings is 2. The lowest BCUT2D eigenvalue weighted by molar-refractivity contribution is -0.145. The summed E-state index contributed by atoms with van der Waals surface area (Å²) in [5.74, 6) is -0.987. The van der Waals surface area contributed by atoms with Crippen molar-refractivity contribution in [2.24, 2.45) is 0 Å². The molecule has 0 radical (unpaired) electrons. The fourth-order valence-electron chi connectivity index (χ4n) is 4.94. The maximum absolute atomic E-state index is 13.2. The van der Waals surface area contributed by atoms with Gasteiger partial charge in [-0.05, 0) is 23.3 Å². The van der Waals surface area contributed by atoms with E-state index in [0.29, 0.717) is 36.8 Å². The third kappa shape index (κ3) is 5.68. The minimum absolute atomic E-state index is 0.0832. The van der Waals surface area contributed by atoms with E-state index in [1.165, 1.54) is 9.58 Å². The standard InChI is InChI=1S/C27H26F3N9O3/c1-37-19-8-7-17(13-38-9-10-39-22(14-38)33-26(36-39)27(28,29)30)11-20(19)42-15-18(25(37)41)31-24(40)23-32-21(34-35-23)12-16-5-3-2-4-6-16/h2-8,11,18H,9-10,12-15H2,1H3,(H,31,40)(H,32,34,35)/t18-/m1/s1. The molecule has 2 aliphatic heterocycles. The molecule has 42 heavy (non-hydrogen) atoms. The molecular weight excluding hydrogens is 555 g/mol. The highest BCUT2D eigenvalue weighted by Gasteiger charge is 2.38. The number of likely N-dealkylation sites (N-methyl/N-ethyl adjacent to an activating group) is 1. The molecule has 4 heterocycles. The van der Waals surface area contributed by atoms with Crippen LogP contribution in [-0.2, 0) is 37.0 Å². The Morgan fingerprint density at radius 3 is 2.71 bits per heavy atom. The second-order valence-corrected chi connectivity index (χ2v) is 10.1. The molecule has 0 unspecified atom stereocenters. The number of hydrogen-bond donors (Lipinski definition) is 2. The Hall–Kier alpha value is -4.79. The first-order chi connectivity index (χ1) is 20.1. The molecule has 4 aromatic rings. The Bertz CT molecular complexity index is 1620. The summed E-state index contributed by atoms with van der Waals surface area (Å²) in [6.07, 6.45) is -4.12. The normalized spacial score (nSPS) is 17.3. The Kier molecular flexibility index (Phi) is 7.10. The number of carbonyl (C=O) groups is 2. The van der Waals surface area contributed by atoms with Crippen molar-refractivity contribution in [1.82, 2.24) is 40.2 Å². The third-order valence-corrected chi connectivity index (χ3v) is 7.08. The number of H-pyrrole nitrogens is 1. The monoisotopic (exact) mass is 581 g/mol. The van der Waals surface area contributed by atoms with Crippen molar-refractivity contribution in [2.45, 2.75) is 38.3 Å². The van der Waals surface area contributed by atoms with Crippen molar-refractivity contribution in [1.29, 1.82) is 0 Å². The van der Waals surface area contributed by atoms with E-state index < -0.39 is 23.9 Å². The molecule has 0 bridgehead atoms. The van der Waals surface area contributed by atoms with Gasteiger partial charge in [0.15, 0.2) is 0 Å². The summed E-state index contributed by atoms with van der Waals surface area (Å²) in [4.78, 5) is 37.4. The first-order valence-corrected chi connectivity index (χ1v) is 13.2. The first kappa shape index (κ1) is 27.4. The smallest absolute Gasteiger partial charge is 0.453 e. The number of nitrogens with zero attached hydrogens (tertiary/aromatic N) is 7. The molecule has 2 aliphatic rings. The summed E-state index contributed by atoms with van der Waals surface area (Å²) in [6.45, 7) is 1.31. The number of halogens is 3. The summed E-state index contributed by atoms with van der Waals surface area (Å²) in [5.41, 5.74) is 2.37. The lowest BCUT2D eigenvalue weighted by atomic mass is 10.1. The van der Waals surface area contributed by atoms with Gasteiger partial charge < -0.3 is 15.0 Å². The Labute approximate surface area is 237 Å². The number of rotatable bonds is 6. The number of amides is 2. The topological polar surface area (TPSA) is 134 Å². The van der Waals surface area contributed by atoms with E-state index >= 15 is 0 Å². The third-order valence-electron chi connectivity index (χ3n) is 7.08. The van der Waals surface area contributed by atoms with E-state index in [9.17, 15) is 22.8 Å². The van der Waals surface area contributed by atoms with Gasteiger partial charge >= 0.3 is 6.18 Å². The van der Waals surface area contributed by atoms with Gasteiger partial charge in [-0.2, -0.15) is 13.2 Å². The lowest BCUT2D eigenvalue weighted by Gasteiger charge is -2.27. The highest BCUT2D eigenvalue weighted by atomic mass is 19.4. The van der Waals surface area contributed by atoms with Crippen LogP contribution in [0.25, 0.3) is 0 Å². The van der Waals surface area contributed by atoms with Crippen molar-refractivity contribution < 1.29 is 27.5 Å². The second-order valence-electron chi connectivity index (χ2n) is 10.1. The Balaban J connectivity index is 1.10. The fraction of sp³-hybridized carbons (Fsp3) is 0.333. The zero-order valence-corrected chi connectivity index (χ0v) is 22.4. The van der Waals surface area contributed by atoms with Gasteiger partial charge in [-0.1, -0.05) is 36.4 Å². The Morgan fingerprint density at radius 2 is 1.93 bits per heavy atom. The molecule has 15 heteroatoms. The number of carbonyl (C=O) groups excluding carboxylic acids is 2. The molecule has 0 spiro atoms. The highest BCUT2D eigenvalue weighted by Crippen LogP contribution is 2.33. The van der Waals surface area contributed by atoms with Gasteiger partial charge in [-0.3, -0.25) is 19.6 Å². The fourth-order valence-corrected chi connectivity index (χ4v) is 4.94. The van der Waals surface area contributed by atoms with E-state index in [1.807, 2.05) is 41.3 Å². The van der Waals surface area contributed by atoms with Crippen LogP contribution in [0.2, 0.25) is 0 Å². The van der Waals surface area contributed by atoms with Crippen molar-refractivity contribution in [3.05, 3.63) is 83.0 Å². The number of fused-ring (bicyclic) bond motifs is 2. The van der Waals surface area contributed by atoms with E-state index in [1.54, 1.807) is 19.2 Å². The summed E-state index contributed by atoms with van der Waals surface area (Å²) in [5, 5.41) is 13.0. The Morgan fingerprint density at radius 1 is 1.12 bits per heavy atom. The van der Waals surface area contributed by atoms with Crippen LogP contribution < -0.4 is 15.0 Å². The molecule has 218 valence electrons. The molecule has 0 fully saturated rings. The van der Waals surface area contributed by atoms with Crippen LogP contribution in [0.3, 0.4) is 0 Å². The van der Waals surface area contributed by atoms with Gasteiger partial charge in [0, 0.05) is 26.6 Å². The molecule has 2 N–H and O–H groups in total. The van der Waals surface area contributed by atoms with E-state index in [0.717, 1.165) is 11.1 Å². The van der Waals surface area contributed by atoms with Crippen LogP contribution in [0, 0.1) is 0 Å². The van der Waals surface area contributed by atoms with Crippen molar-refractivity contribution in [2.75, 3.05) is 25.1 Å². The first-order valence-electron chi connectivity index (χ1n) is 13.2. The van der Waals surface area contributed by atoms with Crippen LogP contribution in [0.1, 0.15) is 39.2 Å². The van der Waals surface area contributed by atoms with Crippen LogP contribution in [0.15, 0.2) is 48.5 Å². The maximum Gasteiger partial charge on any atom is 0.453 e. The van der Waals surface area contributed by atoms with Crippen LogP contribution in [0.4, 0.5) is 18.9 Å². The maximum atomic E-state index is 13.2. The number of alkyl halides is 3. The average Bonchev–Trinajstić information content (AvgIpc) is 3.60. The predicted octanol–water partition coefficient (Wildman–Crippen LogP) is 2.18. The molecule has 0 aliphatic carbocycles. The predicted molar refractivity (Wildman–Crippen MR) is 141 cm³/mol. The van der Waals surface area contributed by atoms with Gasteiger partial charge in [0.2, 0.25) is 5.82 Å². The van der Waals surface area contributed by atoms with E-state index in [-0.39, 0.29) is 37.3 Å². The molecule has 2 amide bonds. The molecule has 0 saturated heterocycles. The average molecular weight is 582 g/mol. The molecular formula is C27H26F3N9O3. The van der Waals surface area contributed by atoms with Crippen LogP contribution >= 0.6 is 0 Å². The van der Waals surface area contributed by atoms with Gasteiger partial charge in [-0.15, -0.1) is 10.2 Å². The largest absolute Gasteiger partial charge is 0.489 e. The minimum Gasteiger partial charge on any atom is -0.489 e. The summed E-state index contributed by atoms with van der Waals surface area (Å²) in [6, 6.07) is 14.0. The zero-order chi connectivity index (χ0) is 29.4. The zero-order valence-electron chi connectivity index (χ0n) is 22.4. The number of aromatic amines is 1. The molecule has 0 saturated carbocycles.